The van der Waals surface area contributed by atoms with E-state index in [9.17, 15) is 4.79 Å². The number of benzene rings is 3. The van der Waals surface area contributed by atoms with Gasteiger partial charge < -0.3 is 19.1 Å². The molecule has 5 nitrogen and oxygen atoms in total. The van der Waals surface area contributed by atoms with Crippen molar-refractivity contribution in [2.45, 2.75) is 19.3 Å². The Kier molecular flexibility index (Phi) is 7.30. The van der Waals surface area contributed by atoms with Crippen molar-refractivity contribution in [3.05, 3.63) is 83.9 Å². The summed E-state index contributed by atoms with van der Waals surface area (Å²) in [5.74, 6) is 2.88. The summed E-state index contributed by atoms with van der Waals surface area (Å²) < 4.78 is 16.7. The fourth-order valence-electron chi connectivity index (χ4n) is 3.94. The van der Waals surface area contributed by atoms with Crippen LogP contribution in [0.4, 0.5) is 0 Å². The molecule has 3 aromatic rings. The summed E-state index contributed by atoms with van der Waals surface area (Å²) >= 11 is 0. The maximum Gasteiger partial charge on any atom is 0.254 e. The molecule has 0 unspecified atom stereocenters. The molecule has 33 heavy (non-hydrogen) atoms. The molecular weight excluding hydrogens is 414 g/mol. The van der Waals surface area contributed by atoms with Crippen molar-refractivity contribution in [1.82, 2.24) is 4.90 Å². The van der Waals surface area contributed by atoms with E-state index in [1.807, 2.05) is 83.8 Å². The Balaban J connectivity index is 1.68. The minimum absolute atomic E-state index is 0.0354. The zero-order chi connectivity index (χ0) is 23.0. The highest BCUT2D eigenvalue weighted by Crippen LogP contribution is 2.29. The van der Waals surface area contributed by atoms with Crippen molar-refractivity contribution in [1.29, 1.82) is 0 Å². The zero-order valence-corrected chi connectivity index (χ0v) is 19.1. The van der Waals surface area contributed by atoms with Gasteiger partial charge in [0.15, 0.2) is 0 Å². The van der Waals surface area contributed by atoms with E-state index in [1.165, 1.54) is 6.42 Å². The van der Waals surface area contributed by atoms with E-state index in [0.29, 0.717) is 17.1 Å². The van der Waals surface area contributed by atoms with Gasteiger partial charge in [0.05, 0.1) is 14.2 Å². The number of para-hydroxylation sites is 1. The normalized spacial score (nSPS) is 14.0. The van der Waals surface area contributed by atoms with E-state index >= 15 is 0 Å². The third-order valence-corrected chi connectivity index (χ3v) is 5.70. The predicted molar refractivity (Wildman–Crippen MR) is 131 cm³/mol. The number of likely N-dealkylation sites (tertiary alicyclic amines) is 1. The first-order valence-corrected chi connectivity index (χ1v) is 11.2. The minimum Gasteiger partial charge on any atom is -0.497 e. The molecule has 170 valence electrons. The molecule has 1 aliphatic rings. The second-order valence-corrected chi connectivity index (χ2v) is 8.00. The Morgan fingerprint density at radius 1 is 0.758 bits per heavy atom. The van der Waals surface area contributed by atoms with Gasteiger partial charge in [-0.2, -0.15) is 0 Å². The Bertz CT molecular complexity index is 1080. The van der Waals surface area contributed by atoms with Crippen molar-refractivity contribution < 1.29 is 19.0 Å². The highest BCUT2D eigenvalue weighted by molar-refractivity contribution is 6.24. The van der Waals surface area contributed by atoms with Gasteiger partial charge in [0.2, 0.25) is 0 Å². The van der Waals surface area contributed by atoms with Crippen LogP contribution in [0, 0.1) is 0 Å². The van der Waals surface area contributed by atoms with Gasteiger partial charge in [-0.3, -0.25) is 4.79 Å². The third kappa shape index (κ3) is 5.75. The van der Waals surface area contributed by atoms with Crippen LogP contribution in [0.15, 0.2) is 72.8 Å². The first-order valence-electron chi connectivity index (χ1n) is 11.2. The highest BCUT2D eigenvalue weighted by atomic mass is 16.5. The van der Waals surface area contributed by atoms with Gasteiger partial charge in [0.25, 0.3) is 5.91 Å². The molecule has 1 heterocycles. The van der Waals surface area contributed by atoms with Crippen LogP contribution in [0.2, 0.25) is 0 Å². The second-order valence-electron chi connectivity index (χ2n) is 8.00. The van der Waals surface area contributed by atoms with Gasteiger partial charge in [-0.05, 0) is 72.9 Å². The molecule has 1 saturated heterocycles. The molecule has 0 saturated carbocycles. The number of amides is 1. The molecule has 3 aromatic carbocycles. The Hall–Kier alpha value is -3.73. The van der Waals surface area contributed by atoms with Crippen LogP contribution >= 0.6 is 0 Å². The van der Waals surface area contributed by atoms with Crippen LogP contribution in [0.3, 0.4) is 0 Å². The van der Waals surface area contributed by atoms with Crippen molar-refractivity contribution in [3.63, 3.8) is 0 Å². The average Bonchev–Trinajstić information content (AvgIpc) is 2.88. The molecule has 0 aromatic heterocycles. The van der Waals surface area contributed by atoms with Crippen LogP contribution < -0.4 is 14.2 Å². The number of piperidine rings is 1. The number of carbonyl (C=O) groups is 1. The average molecular weight is 444 g/mol. The molecule has 0 N–H and O–H groups in total. The smallest absolute Gasteiger partial charge is 0.254 e. The summed E-state index contributed by atoms with van der Waals surface area (Å²) in [6, 6.07) is 22.9. The van der Waals surface area contributed by atoms with Gasteiger partial charge >= 0.3 is 0 Å². The van der Waals surface area contributed by atoms with Gasteiger partial charge in [0, 0.05) is 24.7 Å². The summed E-state index contributed by atoms with van der Waals surface area (Å²) in [4.78, 5) is 15.5. The number of hydrogen-bond donors (Lipinski definition) is 0. The molecule has 1 fully saturated rings. The summed E-state index contributed by atoms with van der Waals surface area (Å²) in [5.41, 5.74) is 2.32. The van der Waals surface area contributed by atoms with E-state index in [-0.39, 0.29) is 5.91 Å². The van der Waals surface area contributed by atoms with E-state index in [0.717, 1.165) is 48.6 Å². The first kappa shape index (κ1) is 22.5. The number of ether oxygens (including phenoxy) is 3. The molecule has 0 bridgehead atoms. The lowest BCUT2D eigenvalue weighted by atomic mass is 9.99. The first-order chi connectivity index (χ1) is 16.2. The quantitative estimate of drug-likeness (QED) is 0.329. The van der Waals surface area contributed by atoms with Crippen LogP contribution in [0.25, 0.3) is 11.6 Å². The number of hydrogen-bond acceptors (Lipinski definition) is 4. The standard InChI is InChI=1S/C28H29NO4/c1-31-25-17-21(18-26(20-25)32-2)19-27(28(30)29-15-7-4-8-16-29)22-11-13-24(14-12-22)33-23-9-5-3-6-10-23/h3,5-6,9-14,17-20H,4,7-8,15-16H2,1-2H3. The van der Waals surface area contributed by atoms with Crippen LogP contribution in [-0.4, -0.2) is 38.1 Å². The summed E-state index contributed by atoms with van der Waals surface area (Å²) in [5, 5.41) is 0. The summed E-state index contributed by atoms with van der Waals surface area (Å²) in [6.45, 7) is 1.57. The fourth-order valence-corrected chi connectivity index (χ4v) is 3.94. The minimum atomic E-state index is 0.0354. The van der Waals surface area contributed by atoms with Crippen LogP contribution in [0.1, 0.15) is 30.4 Å². The van der Waals surface area contributed by atoms with Crippen molar-refractivity contribution >= 4 is 17.6 Å². The van der Waals surface area contributed by atoms with Crippen molar-refractivity contribution in [3.8, 4) is 23.0 Å². The van der Waals surface area contributed by atoms with Crippen molar-refractivity contribution in [2.24, 2.45) is 0 Å². The van der Waals surface area contributed by atoms with Gasteiger partial charge in [-0.25, -0.2) is 0 Å². The molecule has 0 atom stereocenters. The Morgan fingerprint density at radius 2 is 1.36 bits per heavy atom. The zero-order valence-electron chi connectivity index (χ0n) is 19.1. The lowest BCUT2D eigenvalue weighted by Crippen LogP contribution is -2.36. The molecule has 4 rings (SSSR count). The van der Waals surface area contributed by atoms with E-state index in [2.05, 4.69) is 0 Å². The number of rotatable bonds is 7. The molecule has 1 aliphatic heterocycles. The largest absolute Gasteiger partial charge is 0.497 e. The van der Waals surface area contributed by atoms with E-state index < -0.39 is 0 Å². The molecule has 1 amide bonds. The van der Waals surface area contributed by atoms with Gasteiger partial charge in [0.1, 0.15) is 23.0 Å². The summed E-state index contributed by atoms with van der Waals surface area (Å²) in [7, 11) is 3.24. The molecule has 0 spiro atoms. The highest BCUT2D eigenvalue weighted by Gasteiger charge is 2.22. The lowest BCUT2D eigenvalue weighted by molar-refractivity contribution is -0.125. The molecule has 0 aliphatic carbocycles. The second kappa shape index (κ2) is 10.7. The predicted octanol–water partition coefficient (Wildman–Crippen LogP) is 6.05. The monoisotopic (exact) mass is 443 g/mol. The van der Waals surface area contributed by atoms with E-state index in [1.54, 1.807) is 14.2 Å². The lowest BCUT2D eigenvalue weighted by Gasteiger charge is -2.28. The molecule has 5 heteroatoms. The fraction of sp³-hybridized carbons (Fsp3) is 0.250. The molecule has 0 radical (unpaired) electrons. The number of carbonyl (C=O) groups excluding carboxylic acids is 1. The van der Waals surface area contributed by atoms with Crippen LogP contribution in [0.5, 0.6) is 23.0 Å². The van der Waals surface area contributed by atoms with Gasteiger partial charge in [-0.15, -0.1) is 0 Å². The maximum absolute atomic E-state index is 13.6. The summed E-state index contributed by atoms with van der Waals surface area (Å²) in [6.07, 6.45) is 5.15. The maximum atomic E-state index is 13.6. The van der Waals surface area contributed by atoms with Crippen LogP contribution in [-0.2, 0) is 4.79 Å². The Morgan fingerprint density at radius 3 is 1.97 bits per heavy atom. The molecular formula is C28H29NO4. The van der Waals surface area contributed by atoms with Gasteiger partial charge in [-0.1, -0.05) is 30.3 Å². The third-order valence-electron chi connectivity index (χ3n) is 5.70. The van der Waals surface area contributed by atoms with Crippen molar-refractivity contribution in [2.75, 3.05) is 27.3 Å². The topological polar surface area (TPSA) is 48.0 Å². The van der Waals surface area contributed by atoms with E-state index in [4.69, 9.17) is 14.2 Å². The number of methoxy groups -OCH3 is 2. The number of nitrogens with zero attached hydrogens (tertiary/aromatic N) is 1. The Labute approximate surface area is 195 Å². The SMILES string of the molecule is COc1cc(C=C(C(=O)N2CCCCC2)c2ccc(Oc3ccccc3)cc2)cc(OC)c1.